The normalized spacial score (nSPS) is 13.6. The second kappa shape index (κ2) is 8.80. The molecular weight excluding hydrogens is 414 g/mol. The van der Waals surface area contributed by atoms with Crippen LogP contribution in [0.15, 0.2) is 42.5 Å². The van der Waals surface area contributed by atoms with Gasteiger partial charge in [0.2, 0.25) is 17.8 Å². The third-order valence-electron chi connectivity index (χ3n) is 4.50. The van der Waals surface area contributed by atoms with Crippen LogP contribution in [-0.4, -0.2) is 28.0 Å². The van der Waals surface area contributed by atoms with E-state index in [-0.39, 0.29) is 5.82 Å². The number of halogens is 3. The molecule has 0 bridgehead atoms. The predicted octanol–water partition coefficient (Wildman–Crippen LogP) is 5.27. The Bertz CT molecular complexity index is 973. The second-order valence-corrected chi connectivity index (χ2v) is 7.61. The Morgan fingerprint density at radius 1 is 0.897 bits per heavy atom. The molecule has 1 aliphatic heterocycles. The molecule has 1 aromatic heterocycles. The van der Waals surface area contributed by atoms with Crippen molar-refractivity contribution in [3.05, 3.63) is 63.9 Å². The van der Waals surface area contributed by atoms with Gasteiger partial charge in [-0.2, -0.15) is 15.0 Å². The number of nitrogens with one attached hydrogen (secondary N) is 2. The van der Waals surface area contributed by atoms with E-state index in [9.17, 15) is 4.39 Å². The molecule has 2 aromatic carbocycles. The number of nitrogens with zero attached hydrogens (tertiary/aromatic N) is 4. The molecule has 0 amide bonds. The fraction of sp³-hybridized carbons (Fsp3) is 0.250. The highest BCUT2D eigenvalue weighted by Gasteiger charge is 2.17. The Hall–Kier alpha value is -2.64. The molecular formula is C20H19Cl2FN6. The first-order chi connectivity index (χ1) is 14.0. The zero-order chi connectivity index (χ0) is 20.2. The molecule has 9 heteroatoms. The van der Waals surface area contributed by atoms with Crippen molar-refractivity contribution in [2.24, 2.45) is 0 Å². The standard InChI is InChI=1S/C20H19Cl2FN6/c21-14-9-15(22)11-17(10-14)25-19-26-18(24-12-13-3-5-16(23)6-4-13)27-20(28-19)29-7-1-2-8-29/h3-6,9-11H,1-2,7-8,12H2,(H2,24,25,26,27,28). The Balaban J connectivity index is 1.58. The first-order valence-electron chi connectivity index (χ1n) is 9.28. The summed E-state index contributed by atoms with van der Waals surface area (Å²) in [5.41, 5.74) is 1.61. The smallest absolute Gasteiger partial charge is 0.233 e. The Kier molecular flexibility index (Phi) is 5.97. The minimum absolute atomic E-state index is 0.267. The molecule has 0 spiro atoms. The Labute approximate surface area is 178 Å². The summed E-state index contributed by atoms with van der Waals surface area (Å²) in [6, 6.07) is 11.5. The van der Waals surface area contributed by atoms with Crippen LogP contribution in [0.5, 0.6) is 0 Å². The fourth-order valence-electron chi connectivity index (χ4n) is 3.10. The molecule has 29 heavy (non-hydrogen) atoms. The Morgan fingerprint density at radius 3 is 2.24 bits per heavy atom. The third-order valence-corrected chi connectivity index (χ3v) is 4.93. The summed E-state index contributed by atoms with van der Waals surface area (Å²) in [5.74, 6) is 1.16. The third kappa shape index (κ3) is 5.25. The number of aromatic nitrogens is 3. The van der Waals surface area contributed by atoms with Gasteiger partial charge in [-0.05, 0) is 48.7 Å². The summed E-state index contributed by atoms with van der Waals surface area (Å²) in [6.45, 7) is 2.28. The van der Waals surface area contributed by atoms with E-state index in [1.165, 1.54) is 12.1 Å². The number of benzene rings is 2. The molecule has 0 aliphatic carbocycles. The van der Waals surface area contributed by atoms with Crippen LogP contribution >= 0.6 is 23.2 Å². The number of rotatable bonds is 6. The minimum atomic E-state index is -0.267. The molecule has 150 valence electrons. The van der Waals surface area contributed by atoms with Gasteiger partial charge in [0, 0.05) is 35.4 Å². The average molecular weight is 433 g/mol. The van der Waals surface area contributed by atoms with Crippen molar-refractivity contribution in [2.75, 3.05) is 28.6 Å². The van der Waals surface area contributed by atoms with E-state index in [0.29, 0.717) is 40.1 Å². The zero-order valence-electron chi connectivity index (χ0n) is 15.5. The maximum Gasteiger partial charge on any atom is 0.233 e. The highest BCUT2D eigenvalue weighted by atomic mass is 35.5. The van der Waals surface area contributed by atoms with Crippen LogP contribution < -0.4 is 15.5 Å². The SMILES string of the molecule is Fc1ccc(CNc2nc(Nc3cc(Cl)cc(Cl)c3)nc(N3CCCC3)n2)cc1. The molecule has 3 aromatic rings. The molecule has 0 radical (unpaired) electrons. The maximum absolute atomic E-state index is 13.1. The zero-order valence-corrected chi connectivity index (χ0v) is 17.0. The van der Waals surface area contributed by atoms with E-state index < -0.39 is 0 Å². The van der Waals surface area contributed by atoms with Gasteiger partial charge in [0.05, 0.1) is 0 Å². The molecule has 2 heterocycles. The molecule has 2 N–H and O–H groups in total. The van der Waals surface area contributed by atoms with Crippen LogP contribution in [-0.2, 0) is 6.54 Å². The molecule has 1 fully saturated rings. The van der Waals surface area contributed by atoms with Crippen molar-refractivity contribution in [3.63, 3.8) is 0 Å². The van der Waals surface area contributed by atoms with Gasteiger partial charge in [0.15, 0.2) is 0 Å². The van der Waals surface area contributed by atoms with E-state index in [2.05, 4.69) is 30.5 Å². The van der Waals surface area contributed by atoms with Crippen molar-refractivity contribution >= 4 is 46.7 Å². The van der Waals surface area contributed by atoms with Crippen molar-refractivity contribution in [1.82, 2.24) is 15.0 Å². The lowest BCUT2D eigenvalue weighted by Crippen LogP contribution is -2.22. The number of hydrogen-bond donors (Lipinski definition) is 2. The molecule has 0 atom stereocenters. The van der Waals surface area contributed by atoms with Crippen LogP contribution in [0, 0.1) is 5.82 Å². The second-order valence-electron chi connectivity index (χ2n) is 6.74. The van der Waals surface area contributed by atoms with Crippen molar-refractivity contribution < 1.29 is 4.39 Å². The summed E-state index contributed by atoms with van der Waals surface area (Å²) in [6.07, 6.45) is 2.22. The molecule has 1 aliphatic rings. The first kappa shape index (κ1) is 19.7. The van der Waals surface area contributed by atoms with Crippen LogP contribution in [0.1, 0.15) is 18.4 Å². The summed E-state index contributed by atoms with van der Waals surface area (Å²) in [7, 11) is 0. The minimum Gasteiger partial charge on any atom is -0.350 e. The van der Waals surface area contributed by atoms with Gasteiger partial charge in [0.25, 0.3) is 0 Å². The quantitative estimate of drug-likeness (QED) is 0.552. The highest BCUT2D eigenvalue weighted by molar-refractivity contribution is 6.35. The van der Waals surface area contributed by atoms with Gasteiger partial charge >= 0.3 is 0 Å². The molecule has 0 saturated carbocycles. The van der Waals surface area contributed by atoms with Crippen molar-refractivity contribution in [1.29, 1.82) is 0 Å². The van der Waals surface area contributed by atoms with Gasteiger partial charge in [-0.15, -0.1) is 0 Å². The summed E-state index contributed by atoms with van der Waals surface area (Å²) >= 11 is 12.2. The van der Waals surface area contributed by atoms with E-state index in [1.807, 2.05) is 0 Å². The summed E-state index contributed by atoms with van der Waals surface area (Å²) < 4.78 is 13.1. The van der Waals surface area contributed by atoms with Crippen LogP contribution in [0.25, 0.3) is 0 Å². The lowest BCUT2D eigenvalue weighted by atomic mass is 10.2. The summed E-state index contributed by atoms with van der Waals surface area (Å²) in [4.78, 5) is 15.7. The molecule has 4 rings (SSSR count). The lowest BCUT2D eigenvalue weighted by Gasteiger charge is -2.17. The fourth-order valence-corrected chi connectivity index (χ4v) is 3.62. The van der Waals surface area contributed by atoms with Gasteiger partial charge in [0.1, 0.15) is 5.82 Å². The van der Waals surface area contributed by atoms with Gasteiger partial charge in [-0.3, -0.25) is 0 Å². The van der Waals surface area contributed by atoms with E-state index >= 15 is 0 Å². The van der Waals surface area contributed by atoms with Crippen LogP contribution in [0.2, 0.25) is 10.0 Å². The number of hydrogen-bond acceptors (Lipinski definition) is 6. The molecule has 1 saturated heterocycles. The van der Waals surface area contributed by atoms with Gasteiger partial charge in [-0.1, -0.05) is 35.3 Å². The van der Waals surface area contributed by atoms with E-state index in [0.717, 1.165) is 31.5 Å². The maximum atomic E-state index is 13.1. The molecule has 6 nitrogen and oxygen atoms in total. The lowest BCUT2D eigenvalue weighted by molar-refractivity contribution is 0.627. The average Bonchev–Trinajstić information content (AvgIpc) is 3.21. The highest BCUT2D eigenvalue weighted by Crippen LogP contribution is 2.26. The Morgan fingerprint density at radius 2 is 1.55 bits per heavy atom. The predicted molar refractivity (Wildman–Crippen MR) is 115 cm³/mol. The first-order valence-corrected chi connectivity index (χ1v) is 10.0. The van der Waals surface area contributed by atoms with Crippen molar-refractivity contribution in [3.8, 4) is 0 Å². The van der Waals surface area contributed by atoms with Gasteiger partial charge < -0.3 is 15.5 Å². The number of anilines is 4. The largest absolute Gasteiger partial charge is 0.350 e. The van der Waals surface area contributed by atoms with E-state index in [1.54, 1.807) is 30.3 Å². The van der Waals surface area contributed by atoms with Gasteiger partial charge in [-0.25, -0.2) is 4.39 Å². The topological polar surface area (TPSA) is 66.0 Å². The van der Waals surface area contributed by atoms with Crippen LogP contribution in [0.4, 0.5) is 27.9 Å². The van der Waals surface area contributed by atoms with Crippen molar-refractivity contribution in [2.45, 2.75) is 19.4 Å². The monoisotopic (exact) mass is 432 g/mol. The summed E-state index contributed by atoms with van der Waals surface area (Å²) in [5, 5.41) is 7.37. The van der Waals surface area contributed by atoms with Crippen LogP contribution in [0.3, 0.4) is 0 Å². The van der Waals surface area contributed by atoms with E-state index in [4.69, 9.17) is 23.2 Å². The molecule has 0 unspecified atom stereocenters.